The van der Waals surface area contributed by atoms with E-state index in [9.17, 15) is 9.59 Å². The number of nitrogens with zero attached hydrogens (tertiary/aromatic N) is 3. The molecule has 1 unspecified atom stereocenters. The van der Waals surface area contributed by atoms with Gasteiger partial charge in [-0.05, 0) is 49.9 Å². The Kier molecular flexibility index (Phi) is 7.67. The second kappa shape index (κ2) is 11.3. The van der Waals surface area contributed by atoms with Gasteiger partial charge in [0, 0.05) is 21.8 Å². The quantitative estimate of drug-likeness (QED) is 0.202. The van der Waals surface area contributed by atoms with Gasteiger partial charge in [-0.1, -0.05) is 71.9 Å². The highest BCUT2D eigenvalue weighted by Gasteiger charge is 2.34. The fourth-order valence-corrected chi connectivity index (χ4v) is 5.39. The molecule has 5 rings (SSSR count). The van der Waals surface area contributed by atoms with Gasteiger partial charge in [-0.2, -0.15) is 4.98 Å². The van der Waals surface area contributed by atoms with Crippen molar-refractivity contribution in [2.24, 2.45) is 0 Å². The van der Waals surface area contributed by atoms with Crippen LogP contribution in [0.15, 0.2) is 100 Å². The maximum atomic E-state index is 13.6. The highest BCUT2D eigenvalue weighted by Crippen LogP contribution is 2.37. The third kappa shape index (κ3) is 5.54. The summed E-state index contributed by atoms with van der Waals surface area (Å²) in [6.07, 6.45) is 2.03. The first-order valence-corrected chi connectivity index (χ1v) is 14.3. The molecule has 0 fully saturated rings. The number of hydrogen-bond donors (Lipinski definition) is 2. The van der Waals surface area contributed by atoms with E-state index in [4.69, 9.17) is 5.10 Å². The molecule has 0 bridgehead atoms. The number of aryl methyl sites for hydroxylation is 1. The van der Waals surface area contributed by atoms with E-state index in [1.165, 1.54) is 11.8 Å². The monoisotopic (exact) mass is 541 g/mol. The van der Waals surface area contributed by atoms with Gasteiger partial charge in [-0.3, -0.25) is 9.59 Å². The van der Waals surface area contributed by atoms with Crippen molar-refractivity contribution in [3.8, 4) is 0 Å². The number of ketones is 1. The van der Waals surface area contributed by atoms with Crippen LogP contribution in [0.3, 0.4) is 0 Å². The Morgan fingerprint density at radius 3 is 2.37 bits per heavy atom. The van der Waals surface area contributed by atoms with E-state index < -0.39 is 6.04 Å². The minimum Gasteiger partial charge on any atom is -0.328 e. The molecule has 1 aliphatic heterocycles. The number of hydrogen-bond acceptors (Lipinski definition) is 7. The Hall–Kier alpha value is -3.82. The van der Waals surface area contributed by atoms with Crippen molar-refractivity contribution in [1.29, 1.82) is 0 Å². The number of carbonyl (C=O) groups excluding carboxylic acids is 2. The molecule has 7 nitrogen and oxygen atoms in total. The van der Waals surface area contributed by atoms with Gasteiger partial charge in [-0.15, -0.1) is 16.9 Å². The number of aromatic nitrogens is 3. The van der Waals surface area contributed by atoms with Gasteiger partial charge in [-0.25, -0.2) is 4.68 Å². The molecule has 2 N–H and O–H groups in total. The van der Waals surface area contributed by atoms with Crippen molar-refractivity contribution in [1.82, 2.24) is 14.8 Å². The van der Waals surface area contributed by atoms with Gasteiger partial charge in [0.05, 0.1) is 11.3 Å². The molecular weight excluding hydrogens is 514 g/mol. The molecule has 4 aromatic rings. The van der Waals surface area contributed by atoms with Crippen molar-refractivity contribution in [2.45, 2.75) is 29.9 Å². The predicted octanol–water partition coefficient (Wildman–Crippen LogP) is 6.21. The highest BCUT2D eigenvalue weighted by molar-refractivity contribution is 7.99. The molecule has 0 spiro atoms. The zero-order chi connectivity index (χ0) is 26.6. The molecule has 0 saturated heterocycles. The maximum absolute atomic E-state index is 13.6. The van der Waals surface area contributed by atoms with E-state index in [1.54, 1.807) is 16.4 Å². The third-order valence-corrected chi connectivity index (χ3v) is 7.83. The average molecular weight is 542 g/mol. The molecule has 9 heteroatoms. The van der Waals surface area contributed by atoms with Crippen LogP contribution in [0, 0.1) is 6.92 Å². The number of thioether (sulfide) groups is 2. The van der Waals surface area contributed by atoms with E-state index >= 15 is 0 Å². The van der Waals surface area contributed by atoms with Crippen molar-refractivity contribution in [3.05, 3.63) is 107 Å². The lowest BCUT2D eigenvalue weighted by atomic mass is 9.95. The molecule has 0 saturated carbocycles. The third-order valence-electron chi connectivity index (χ3n) is 6.25. The maximum Gasteiger partial charge on any atom is 0.255 e. The number of amides is 1. The van der Waals surface area contributed by atoms with E-state index in [0.29, 0.717) is 33.6 Å². The van der Waals surface area contributed by atoms with E-state index in [-0.39, 0.29) is 17.4 Å². The number of rotatable bonds is 8. The summed E-state index contributed by atoms with van der Waals surface area (Å²) in [7, 11) is 0. The summed E-state index contributed by atoms with van der Waals surface area (Å²) in [4.78, 5) is 32.1. The Morgan fingerprint density at radius 2 is 1.68 bits per heavy atom. The second-order valence-electron chi connectivity index (χ2n) is 8.90. The largest absolute Gasteiger partial charge is 0.328 e. The van der Waals surface area contributed by atoms with Crippen LogP contribution < -0.4 is 10.6 Å². The molecule has 2 heterocycles. The number of benzene rings is 3. The van der Waals surface area contributed by atoms with Crippen molar-refractivity contribution >= 4 is 46.8 Å². The first-order chi connectivity index (χ1) is 18.4. The minimum absolute atomic E-state index is 0.0113. The molecule has 192 valence electrons. The number of allylic oxidation sites excluding steroid dienone is 1. The summed E-state index contributed by atoms with van der Waals surface area (Å²) in [5.74, 6) is 0.540. The Balaban J connectivity index is 1.45. The Bertz CT molecular complexity index is 1500. The molecule has 38 heavy (non-hydrogen) atoms. The van der Waals surface area contributed by atoms with Crippen LogP contribution in [0.1, 0.15) is 34.5 Å². The fraction of sp³-hybridized carbons (Fsp3) is 0.172. The summed E-state index contributed by atoms with van der Waals surface area (Å²) in [5.41, 5.74) is 4.65. The van der Waals surface area contributed by atoms with E-state index in [0.717, 1.165) is 16.0 Å². The van der Waals surface area contributed by atoms with Gasteiger partial charge in [0.25, 0.3) is 5.91 Å². The van der Waals surface area contributed by atoms with Crippen molar-refractivity contribution < 1.29 is 9.59 Å². The average Bonchev–Trinajstić information content (AvgIpc) is 3.34. The normalized spacial score (nSPS) is 14.6. The summed E-state index contributed by atoms with van der Waals surface area (Å²) in [6, 6.07) is 24.5. The molecule has 3 aromatic carbocycles. The smallest absolute Gasteiger partial charge is 0.255 e. The van der Waals surface area contributed by atoms with Crippen molar-refractivity contribution in [3.63, 3.8) is 0 Å². The van der Waals surface area contributed by atoms with Crippen LogP contribution in [0.25, 0.3) is 0 Å². The van der Waals surface area contributed by atoms with E-state index in [1.807, 2.05) is 99.0 Å². The highest BCUT2D eigenvalue weighted by atomic mass is 32.2. The summed E-state index contributed by atoms with van der Waals surface area (Å²) in [6.45, 7) is 3.86. The molecule has 1 aliphatic rings. The molecule has 0 radical (unpaired) electrons. The number of Topliss-reactive ketones (excluding diaryl/α,β-unsaturated/α-hetero) is 1. The molecule has 0 aliphatic carbocycles. The Labute approximate surface area is 230 Å². The molecule has 1 atom stereocenters. The topological polar surface area (TPSA) is 88.9 Å². The van der Waals surface area contributed by atoms with Gasteiger partial charge < -0.3 is 10.6 Å². The lowest BCUT2D eigenvalue weighted by Crippen LogP contribution is -2.31. The van der Waals surface area contributed by atoms with Crippen molar-refractivity contribution in [2.75, 3.05) is 22.6 Å². The van der Waals surface area contributed by atoms with Gasteiger partial charge in [0.1, 0.15) is 6.04 Å². The van der Waals surface area contributed by atoms with Crippen LogP contribution in [-0.2, 0) is 4.79 Å². The standard InChI is InChI=1S/C29H27N5O2S2/c1-18-9-11-20(12-10-18)24(35)17-38-29-32-28-30-19(2)25(27(36)31-22-7-5-4-6-8-22)26(34(28)33-29)21-13-15-23(37-3)16-14-21/h4-16,26H,17H2,1-3H3,(H,31,36)(H,30,32,33). The zero-order valence-electron chi connectivity index (χ0n) is 21.3. The van der Waals surface area contributed by atoms with Crippen LogP contribution in [0.5, 0.6) is 0 Å². The van der Waals surface area contributed by atoms with Crippen LogP contribution >= 0.6 is 23.5 Å². The number of para-hydroxylation sites is 1. The predicted molar refractivity (Wildman–Crippen MR) is 154 cm³/mol. The summed E-state index contributed by atoms with van der Waals surface area (Å²) >= 11 is 2.94. The number of carbonyl (C=O) groups is 2. The summed E-state index contributed by atoms with van der Waals surface area (Å²) < 4.78 is 1.74. The molecule has 1 aromatic heterocycles. The van der Waals surface area contributed by atoms with Gasteiger partial charge >= 0.3 is 0 Å². The zero-order valence-corrected chi connectivity index (χ0v) is 22.9. The van der Waals surface area contributed by atoms with Gasteiger partial charge in [0.2, 0.25) is 11.1 Å². The summed E-state index contributed by atoms with van der Waals surface area (Å²) in [5, 5.41) is 11.5. The fourth-order valence-electron chi connectivity index (χ4n) is 4.25. The minimum atomic E-state index is -0.486. The molecule has 1 amide bonds. The SMILES string of the molecule is CSc1ccc(C2C(C(=O)Nc3ccccc3)=C(C)Nc3nc(SCC(=O)c4ccc(C)cc4)nn32)cc1. The Morgan fingerprint density at radius 1 is 0.974 bits per heavy atom. The molecular formula is C29H27N5O2S2. The van der Waals surface area contributed by atoms with E-state index in [2.05, 4.69) is 15.6 Å². The second-order valence-corrected chi connectivity index (χ2v) is 10.7. The van der Waals surface area contributed by atoms with Crippen LogP contribution in [0.4, 0.5) is 11.6 Å². The lowest BCUT2D eigenvalue weighted by Gasteiger charge is -2.28. The lowest BCUT2D eigenvalue weighted by molar-refractivity contribution is -0.113. The first kappa shape index (κ1) is 25.8. The number of fused-ring (bicyclic) bond motifs is 1. The van der Waals surface area contributed by atoms with Crippen LogP contribution in [0.2, 0.25) is 0 Å². The van der Waals surface area contributed by atoms with Gasteiger partial charge in [0.15, 0.2) is 5.78 Å². The van der Waals surface area contributed by atoms with Crippen LogP contribution in [-0.4, -0.2) is 38.5 Å². The number of nitrogens with one attached hydrogen (secondary N) is 2. The number of anilines is 2. The first-order valence-electron chi connectivity index (χ1n) is 12.1.